The quantitative estimate of drug-likeness (QED) is 0.249. The van der Waals surface area contributed by atoms with Crippen LogP contribution in [0.1, 0.15) is 36.5 Å². The number of hydrogen-bond donors (Lipinski definition) is 0. The van der Waals surface area contributed by atoms with Gasteiger partial charge in [-0.15, -0.1) is 11.3 Å². The normalized spacial score (nSPS) is 12.5. The molecule has 2 heterocycles. The molecule has 0 fully saturated rings. The van der Waals surface area contributed by atoms with E-state index in [0.717, 1.165) is 5.69 Å². The number of thiophene rings is 1. The standard InChI is InChI=1S/C29H31NSSi/c1-17(2)24-16-21(15-20-13-18(3)19(4)14-25(20)24)27-29-23(11-12-30-27)22-9-8-10-26(28(22)31-29)32(5,6)7/h8-17H,1-7H3. The molecule has 2 aromatic heterocycles. The SMILES string of the molecule is Cc1cc2cc(-c3nccc4c3sc3c([Si](C)(C)C)cccc34)cc(C(C)C)c2cc1C. The lowest BCUT2D eigenvalue weighted by Gasteiger charge is -2.17. The average Bonchev–Trinajstić information content (AvgIpc) is 3.12. The van der Waals surface area contributed by atoms with Gasteiger partial charge in [0, 0.05) is 27.2 Å². The minimum atomic E-state index is -1.44. The summed E-state index contributed by atoms with van der Waals surface area (Å²) in [5.41, 5.74) is 6.46. The zero-order valence-electron chi connectivity index (χ0n) is 20.1. The van der Waals surface area contributed by atoms with Gasteiger partial charge in [0.1, 0.15) is 0 Å². The zero-order valence-corrected chi connectivity index (χ0v) is 21.9. The first-order valence-electron chi connectivity index (χ1n) is 11.5. The Morgan fingerprint density at radius 2 is 1.53 bits per heavy atom. The van der Waals surface area contributed by atoms with Gasteiger partial charge in [-0.05, 0) is 70.6 Å². The Morgan fingerprint density at radius 3 is 2.25 bits per heavy atom. The fourth-order valence-corrected chi connectivity index (χ4v) is 8.51. The van der Waals surface area contributed by atoms with Crippen molar-refractivity contribution < 1.29 is 0 Å². The van der Waals surface area contributed by atoms with Gasteiger partial charge in [0.15, 0.2) is 0 Å². The molecule has 5 rings (SSSR count). The second kappa shape index (κ2) is 7.53. The van der Waals surface area contributed by atoms with E-state index in [1.165, 1.54) is 53.2 Å². The molecule has 3 heteroatoms. The maximum Gasteiger partial charge on any atom is 0.0880 e. The summed E-state index contributed by atoms with van der Waals surface area (Å²) in [6.07, 6.45) is 1.99. The monoisotopic (exact) mass is 453 g/mol. The van der Waals surface area contributed by atoms with Crippen molar-refractivity contribution >= 4 is 55.5 Å². The van der Waals surface area contributed by atoms with Crippen molar-refractivity contribution in [3.8, 4) is 11.3 Å². The summed E-state index contributed by atoms with van der Waals surface area (Å²) >= 11 is 1.93. The molecular formula is C29H31NSSi. The minimum absolute atomic E-state index is 0.458. The molecule has 0 bridgehead atoms. The molecule has 0 N–H and O–H groups in total. The number of fused-ring (bicyclic) bond motifs is 4. The third-order valence-electron chi connectivity index (χ3n) is 6.72. The minimum Gasteiger partial charge on any atom is -0.255 e. The summed E-state index contributed by atoms with van der Waals surface area (Å²) < 4.78 is 2.76. The predicted octanol–water partition coefficient (Wildman–Crippen LogP) is 8.56. The van der Waals surface area contributed by atoms with Gasteiger partial charge in [-0.25, -0.2) is 0 Å². The Labute approximate surface area is 196 Å². The van der Waals surface area contributed by atoms with Gasteiger partial charge in [0.25, 0.3) is 0 Å². The molecule has 0 radical (unpaired) electrons. The van der Waals surface area contributed by atoms with E-state index in [4.69, 9.17) is 4.98 Å². The highest BCUT2D eigenvalue weighted by Crippen LogP contribution is 2.40. The molecule has 162 valence electrons. The van der Waals surface area contributed by atoms with E-state index in [9.17, 15) is 0 Å². The number of benzene rings is 3. The highest BCUT2D eigenvalue weighted by atomic mass is 32.1. The van der Waals surface area contributed by atoms with Gasteiger partial charge in [0.05, 0.1) is 18.5 Å². The lowest BCUT2D eigenvalue weighted by molar-refractivity contribution is 0.876. The smallest absolute Gasteiger partial charge is 0.0880 e. The number of nitrogens with zero attached hydrogens (tertiary/aromatic N) is 1. The van der Waals surface area contributed by atoms with Crippen LogP contribution in [-0.2, 0) is 0 Å². The number of pyridine rings is 1. The number of aryl methyl sites for hydroxylation is 2. The molecule has 0 atom stereocenters. The van der Waals surface area contributed by atoms with E-state index in [1.54, 1.807) is 5.19 Å². The molecule has 0 saturated carbocycles. The summed E-state index contributed by atoms with van der Waals surface area (Å²) in [5, 5.41) is 6.95. The Morgan fingerprint density at radius 1 is 0.812 bits per heavy atom. The molecule has 0 aliphatic heterocycles. The Kier molecular flexibility index (Phi) is 5.03. The molecule has 0 spiro atoms. The summed E-state index contributed by atoms with van der Waals surface area (Å²) in [6.45, 7) is 16.3. The molecule has 0 unspecified atom stereocenters. The van der Waals surface area contributed by atoms with E-state index in [1.807, 2.05) is 17.5 Å². The van der Waals surface area contributed by atoms with Crippen LogP contribution in [0.15, 0.2) is 54.7 Å². The van der Waals surface area contributed by atoms with Crippen LogP contribution in [0, 0.1) is 13.8 Å². The molecule has 3 aromatic carbocycles. The number of hydrogen-bond acceptors (Lipinski definition) is 2. The van der Waals surface area contributed by atoms with Gasteiger partial charge in [-0.1, -0.05) is 63.8 Å². The summed E-state index contributed by atoms with van der Waals surface area (Å²) in [5.74, 6) is 0.458. The van der Waals surface area contributed by atoms with Crippen molar-refractivity contribution in [3.63, 3.8) is 0 Å². The highest BCUT2D eigenvalue weighted by molar-refractivity contribution is 7.28. The van der Waals surface area contributed by atoms with Crippen LogP contribution in [0.5, 0.6) is 0 Å². The van der Waals surface area contributed by atoms with Crippen molar-refractivity contribution in [2.75, 3.05) is 0 Å². The molecule has 5 aromatic rings. The molecular weight excluding hydrogens is 422 g/mol. The van der Waals surface area contributed by atoms with Crippen molar-refractivity contribution in [1.29, 1.82) is 0 Å². The van der Waals surface area contributed by atoms with Gasteiger partial charge in [0.2, 0.25) is 0 Å². The topological polar surface area (TPSA) is 12.9 Å². The lowest BCUT2D eigenvalue weighted by Crippen LogP contribution is -2.37. The van der Waals surface area contributed by atoms with Crippen LogP contribution >= 0.6 is 11.3 Å². The Hall–Kier alpha value is -2.49. The fraction of sp³-hybridized carbons (Fsp3) is 0.276. The molecule has 0 amide bonds. The van der Waals surface area contributed by atoms with Crippen LogP contribution < -0.4 is 5.19 Å². The summed E-state index contributed by atoms with van der Waals surface area (Å²) in [7, 11) is -1.44. The zero-order chi connectivity index (χ0) is 22.8. The van der Waals surface area contributed by atoms with Gasteiger partial charge >= 0.3 is 0 Å². The molecule has 1 nitrogen and oxygen atoms in total. The van der Waals surface area contributed by atoms with E-state index in [0.29, 0.717) is 5.92 Å². The summed E-state index contributed by atoms with van der Waals surface area (Å²) in [6, 6.07) is 18.5. The predicted molar refractivity (Wildman–Crippen MR) is 147 cm³/mol. The van der Waals surface area contributed by atoms with Crippen LogP contribution in [0.3, 0.4) is 0 Å². The van der Waals surface area contributed by atoms with Gasteiger partial charge < -0.3 is 0 Å². The van der Waals surface area contributed by atoms with Crippen LogP contribution in [-0.4, -0.2) is 13.1 Å². The maximum atomic E-state index is 4.93. The molecule has 0 saturated heterocycles. The largest absolute Gasteiger partial charge is 0.255 e. The fourth-order valence-electron chi connectivity index (χ4n) is 4.80. The Balaban J connectivity index is 1.84. The third-order valence-corrected chi connectivity index (χ3v) is 10.2. The summed E-state index contributed by atoms with van der Waals surface area (Å²) in [4.78, 5) is 4.93. The lowest BCUT2D eigenvalue weighted by atomic mass is 9.90. The number of rotatable bonds is 3. The average molecular weight is 454 g/mol. The van der Waals surface area contributed by atoms with Crippen molar-refractivity contribution in [2.45, 2.75) is 53.3 Å². The van der Waals surface area contributed by atoms with Crippen LogP contribution in [0.4, 0.5) is 0 Å². The van der Waals surface area contributed by atoms with E-state index in [2.05, 4.69) is 95.9 Å². The van der Waals surface area contributed by atoms with Gasteiger partial charge in [-0.3, -0.25) is 4.98 Å². The number of aromatic nitrogens is 1. The molecule has 32 heavy (non-hydrogen) atoms. The van der Waals surface area contributed by atoms with Crippen LogP contribution in [0.25, 0.3) is 42.2 Å². The van der Waals surface area contributed by atoms with E-state index in [-0.39, 0.29) is 0 Å². The van der Waals surface area contributed by atoms with Crippen molar-refractivity contribution in [2.24, 2.45) is 0 Å². The van der Waals surface area contributed by atoms with Gasteiger partial charge in [-0.2, -0.15) is 0 Å². The second-order valence-electron chi connectivity index (χ2n) is 10.4. The first kappa shape index (κ1) is 21.4. The van der Waals surface area contributed by atoms with Crippen molar-refractivity contribution in [3.05, 3.63) is 71.4 Å². The first-order valence-corrected chi connectivity index (χ1v) is 15.8. The molecule has 0 aliphatic rings. The van der Waals surface area contributed by atoms with E-state index >= 15 is 0 Å². The molecule has 0 aliphatic carbocycles. The Bertz CT molecular complexity index is 1500. The first-order chi connectivity index (χ1) is 15.1. The second-order valence-corrected chi connectivity index (χ2v) is 16.5. The highest BCUT2D eigenvalue weighted by Gasteiger charge is 2.22. The third kappa shape index (κ3) is 3.39. The van der Waals surface area contributed by atoms with E-state index < -0.39 is 8.07 Å². The van der Waals surface area contributed by atoms with Crippen LogP contribution in [0.2, 0.25) is 19.6 Å². The maximum absolute atomic E-state index is 4.93. The van der Waals surface area contributed by atoms with Crippen molar-refractivity contribution in [1.82, 2.24) is 4.98 Å².